The molecule has 6 heteroatoms. The molecule has 0 aliphatic heterocycles. The zero-order chi connectivity index (χ0) is 13.1. The fourth-order valence-corrected chi connectivity index (χ4v) is 1.82. The maximum Gasteiger partial charge on any atom is 0.255 e. The Labute approximate surface area is 110 Å². The SMILES string of the molecule is CN(Cc1cn[nH]c1)C(=O)c1ccc(Cl)cc1N. The van der Waals surface area contributed by atoms with Crippen LogP contribution in [0.1, 0.15) is 15.9 Å². The molecule has 0 fully saturated rings. The van der Waals surface area contributed by atoms with Gasteiger partial charge in [-0.05, 0) is 18.2 Å². The van der Waals surface area contributed by atoms with Crippen molar-refractivity contribution in [3.05, 3.63) is 46.7 Å². The molecular weight excluding hydrogens is 252 g/mol. The maximum absolute atomic E-state index is 12.2. The molecule has 2 rings (SSSR count). The zero-order valence-electron chi connectivity index (χ0n) is 9.85. The Morgan fingerprint density at radius 3 is 2.94 bits per heavy atom. The number of halogens is 1. The highest BCUT2D eigenvalue weighted by Crippen LogP contribution is 2.19. The molecule has 2 aromatic rings. The quantitative estimate of drug-likeness (QED) is 0.832. The van der Waals surface area contributed by atoms with E-state index < -0.39 is 0 Å². The molecule has 0 aliphatic rings. The number of H-pyrrole nitrogens is 1. The number of hydrogen-bond acceptors (Lipinski definition) is 3. The first-order valence-corrected chi connectivity index (χ1v) is 5.74. The third-order valence-corrected chi connectivity index (χ3v) is 2.80. The monoisotopic (exact) mass is 264 g/mol. The molecule has 0 atom stereocenters. The summed E-state index contributed by atoms with van der Waals surface area (Å²) in [6.07, 6.45) is 3.42. The fraction of sp³-hybridized carbons (Fsp3) is 0.167. The van der Waals surface area contributed by atoms with Crippen LogP contribution in [0.4, 0.5) is 5.69 Å². The number of nitrogens with zero attached hydrogens (tertiary/aromatic N) is 2. The van der Waals surface area contributed by atoms with Crippen molar-refractivity contribution in [2.45, 2.75) is 6.54 Å². The lowest BCUT2D eigenvalue weighted by Gasteiger charge is -2.17. The number of benzene rings is 1. The second-order valence-electron chi connectivity index (χ2n) is 4.00. The molecule has 0 saturated heterocycles. The molecule has 0 saturated carbocycles. The van der Waals surface area contributed by atoms with Crippen LogP contribution in [0.2, 0.25) is 5.02 Å². The van der Waals surface area contributed by atoms with E-state index in [0.29, 0.717) is 22.8 Å². The second-order valence-corrected chi connectivity index (χ2v) is 4.44. The minimum Gasteiger partial charge on any atom is -0.398 e. The van der Waals surface area contributed by atoms with Crippen LogP contribution < -0.4 is 5.73 Å². The van der Waals surface area contributed by atoms with Crippen LogP contribution in [0.3, 0.4) is 0 Å². The van der Waals surface area contributed by atoms with E-state index in [0.717, 1.165) is 5.56 Å². The largest absolute Gasteiger partial charge is 0.398 e. The van der Waals surface area contributed by atoms with Gasteiger partial charge >= 0.3 is 0 Å². The first-order valence-electron chi connectivity index (χ1n) is 5.36. The summed E-state index contributed by atoms with van der Waals surface area (Å²) in [5, 5.41) is 7.05. The van der Waals surface area contributed by atoms with Crippen molar-refractivity contribution in [1.82, 2.24) is 15.1 Å². The number of aromatic amines is 1. The van der Waals surface area contributed by atoms with Gasteiger partial charge < -0.3 is 10.6 Å². The van der Waals surface area contributed by atoms with Gasteiger partial charge in [0.1, 0.15) is 0 Å². The Morgan fingerprint density at radius 1 is 1.56 bits per heavy atom. The van der Waals surface area contributed by atoms with Gasteiger partial charge in [0.25, 0.3) is 5.91 Å². The normalized spacial score (nSPS) is 10.3. The zero-order valence-corrected chi connectivity index (χ0v) is 10.6. The van der Waals surface area contributed by atoms with Gasteiger partial charge in [0.05, 0.1) is 11.8 Å². The highest BCUT2D eigenvalue weighted by molar-refractivity contribution is 6.31. The maximum atomic E-state index is 12.2. The molecule has 1 heterocycles. The Balaban J connectivity index is 2.15. The highest BCUT2D eigenvalue weighted by Gasteiger charge is 2.15. The molecular formula is C12H13ClN4O. The number of anilines is 1. The van der Waals surface area contributed by atoms with Gasteiger partial charge in [-0.25, -0.2) is 0 Å². The lowest BCUT2D eigenvalue weighted by molar-refractivity contribution is 0.0786. The van der Waals surface area contributed by atoms with Crippen LogP contribution >= 0.6 is 11.6 Å². The summed E-state index contributed by atoms with van der Waals surface area (Å²) in [4.78, 5) is 13.7. The van der Waals surface area contributed by atoms with Crippen LogP contribution in [-0.4, -0.2) is 28.1 Å². The number of aromatic nitrogens is 2. The number of nitrogen functional groups attached to an aromatic ring is 1. The standard InChI is InChI=1S/C12H13ClN4O/c1-17(7-8-5-15-16-6-8)12(18)10-3-2-9(13)4-11(10)14/h2-6H,7,14H2,1H3,(H,15,16). The van der Waals surface area contributed by atoms with E-state index in [1.165, 1.54) is 0 Å². The Kier molecular flexibility index (Phi) is 3.53. The highest BCUT2D eigenvalue weighted by atomic mass is 35.5. The third kappa shape index (κ3) is 2.62. The summed E-state index contributed by atoms with van der Waals surface area (Å²) in [5.74, 6) is -0.148. The fourth-order valence-electron chi connectivity index (χ4n) is 1.64. The number of carbonyl (C=O) groups excluding carboxylic acids is 1. The molecule has 1 amide bonds. The molecule has 1 aromatic carbocycles. The molecule has 0 unspecified atom stereocenters. The summed E-state index contributed by atoms with van der Waals surface area (Å²) in [6, 6.07) is 4.85. The molecule has 0 aliphatic carbocycles. The molecule has 0 spiro atoms. The van der Waals surface area contributed by atoms with Gasteiger partial charge in [-0.2, -0.15) is 5.10 Å². The third-order valence-electron chi connectivity index (χ3n) is 2.57. The van der Waals surface area contributed by atoms with Crippen molar-refractivity contribution in [1.29, 1.82) is 0 Å². The van der Waals surface area contributed by atoms with Crippen molar-refractivity contribution in [2.24, 2.45) is 0 Å². The van der Waals surface area contributed by atoms with Crippen molar-refractivity contribution in [2.75, 3.05) is 12.8 Å². The number of nitrogens with two attached hydrogens (primary N) is 1. The smallest absolute Gasteiger partial charge is 0.255 e. The van der Waals surface area contributed by atoms with Crippen LogP contribution in [0.5, 0.6) is 0 Å². The van der Waals surface area contributed by atoms with Crippen molar-refractivity contribution in [3.63, 3.8) is 0 Å². The molecule has 0 radical (unpaired) electrons. The molecule has 18 heavy (non-hydrogen) atoms. The Hall–Kier alpha value is -2.01. The van der Waals surface area contributed by atoms with E-state index >= 15 is 0 Å². The van der Waals surface area contributed by atoms with Crippen molar-refractivity contribution in [3.8, 4) is 0 Å². The van der Waals surface area contributed by atoms with E-state index in [4.69, 9.17) is 17.3 Å². The summed E-state index contributed by atoms with van der Waals surface area (Å²) in [6.45, 7) is 0.470. The van der Waals surface area contributed by atoms with Gasteiger partial charge in [-0.1, -0.05) is 11.6 Å². The van der Waals surface area contributed by atoms with E-state index in [9.17, 15) is 4.79 Å². The van der Waals surface area contributed by atoms with Crippen LogP contribution in [0, 0.1) is 0 Å². The minimum atomic E-state index is -0.148. The number of rotatable bonds is 3. The molecule has 1 aromatic heterocycles. The average Bonchev–Trinajstić information content (AvgIpc) is 2.81. The summed E-state index contributed by atoms with van der Waals surface area (Å²) in [7, 11) is 1.71. The number of hydrogen-bond donors (Lipinski definition) is 2. The Morgan fingerprint density at radius 2 is 2.33 bits per heavy atom. The summed E-state index contributed by atoms with van der Waals surface area (Å²) < 4.78 is 0. The minimum absolute atomic E-state index is 0.148. The molecule has 3 N–H and O–H groups in total. The van der Waals surface area contributed by atoms with Crippen molar-refractivity contribution < 1.29 is 4.79 Å². The lowest BCUT2D eigenvalue weighted by atomic mass is 10.1. The van der Waals surface area contributed by atoms with Crippen LogP contribution in [-0.2, 0) is 6.54 Å². The molecule has 5 nitrogen and oxygen atoms in total. The van der Waals surface area contributed by atoms with E-state index in [2.05, 4.69) is 10.2 Å². The Bertz CT molecular complexity index is 553. The first-order chi connectivity index (χ1) is 8.58. The molecule has 0 bridgehead atoms. The lowest BCUT2D eigenvalue weighted by Crippen LogP contribution is -2.26. The summed E-state index contributed by atoms with van der Waals surface area (Å²) >= 11 is 5.80. The molecule has 94 valence electrons. The van der Waals surface area contributed by atoms with Crippen molar-refractivity contribution >= 4 is 23.2 Å². The van der Waals surface area contributed by atoms with E-state index in [-0.39, 0.29) is 5.91 Å². The van der Waals surface area contributed by atoms with Crippen LogP contribution in [0.15, 0.2) is 30.6 Å². The topological polar surface area (TPSA) is 75.0 Å². The van der Waals surface area contributed by atoms with Gasteiger partial charge in [0, 0.05) is 36.1 Å². The predicted molar refractivity (Wildman–Crippen MR) is 70.2 cm³/mol. The number of carbonyl (C=O) groups is 1. The number of amides is 1. The van der Waals surface area contributed by atoms with E-state index in [1.54, 1.807) is 42.5 Å². The average molecular weight is 265 g/mol. The summed E-state index contributed by atoms with van der Waals surface area (Å²) in [5.41, 5.74) is 7.54. The van der Waals surface area contributed by atoms with E-state index in [1.807, 2.05) is 0 Å². The van der Waals surface area contributed by atoms with Gasteiger partial charge in [-0.15, -0.1) is 0 Å². The van der Waals surface area contributed by atoms with Crippen LogP contribution in [0.25, 0.3) is 0 Å². The second kappa shape index (κ2) is 5.10. The first kappa shape index (κ1) is 12.4. The van der Waals surface area contributed by atoms with Gasteiger partial charge in [-0.3, -0.25) is 9.89 Å². The van der Waals surface area contributed by atoms with Gasteiger partial charge in [0.15, 0.2) is 0 Å². The predicted octanol–water partition coefficient (Wildman–Crippen LogP) is 1.92. The number of nitrogens with one attached hydrogen (secondary N) is 1. The van der Waals surface area contributed by atoms with Gasteiger partial charge in [0.2, 0.25) is 0 Å².